The molecule has 3 aromatic rings. The van der Waals surface area contributed by atoms with Crippen molar-refractivity contribution in [3.05, 3.63) is 60.4 Å². The Morgan fingerprint density at radius 1 is 1.15 bits per heavy atom. The van der Waals surface area contributed by atoms with Crippen molar-refractivity contribution in [2.45, 2.75) is 24.3 Å². The Kier molecular flexibility index (Phi) is 5.91. The quantitative estimate of drug-likeness (QED) is 0.599. The van der Waals surface area contributed by atoms with Crippen LogP contribution in [0.2, 0.25) is 0 Å². The molecule has 27 heavy (non-hydrogen) atoms. The molecular formula is C20H21FN4OS. The molecule has 0 spiro atoms. The molecule has 0 saturated heterocycles. The molecule has 0 saturated carbocycles. The summed E-state index contributed by atoms with van der Waals surface area (Å²) in [5, 5.41) is 8.72. The van der Waals surface area contributed by atoms with Gasteiger partial charge in [-0.3, -0.25) is 4.79 Å². The van der Waals surface area contributed by atoms with E-state index in [1.54, 1.807) is 17.0 Å². The smallest absolute Gasteiger partial charge is 0.240 e. The molecule has 7 heteroatoms. The Morgan fingerprint density at radius 3 is 2.44 bits per heavy atom. The largest absolute Gasteiger partial charge is 0.312 e. The number of halogens is 1. The number of para-hydroxylation sites is 1. The second-order valence-corrected chi connectivity index (χ2v) is 7.36. The van der Waals surface area contributed by atoms with Gasteiger partial charge in [0.1, 0.15) is 5.82 Å². The van der Waals surface area contributed by atoms with E-state index in [2.05, 4.69) is 10.2 Å². The maximum atomic E-state index is 13.1. The van der Waals surface area contributed by atoms with Crippen molar-refractivity contribution in [2.75, 3.05) is 11.4 Å². The van der Waals surface area contributed by atoms with Crippen LogP contribution in [0.15, 0.2) is 59.8 Å². The van der Waals surface area contributed by atoms with Crippen LogP contribution >= 0.6 is 11.8 Å². The molecule has 0 aliphatic carbocycles. The molecular weight excluding hydrogens is 363 g/mol. The topological polar surface area (TPSA) is 51.0 Å². The van der Waals surface area contributed by atoms with E-state index in [0.717, 1.165) is 11.3 Å². The molecule has 0 N–H and O–H groups in total. The third kappa shape index (κ3) is 4.19. The molecule has 3 rings (SSSR count). The van der Waals surface area contributed by atoms with Crippen LogP contribution in [0, 0.1) is 5.82 Å². The molecule has 1 heterocycles. The van der Waals surface area contributed by atoms with Gasteiger partial charge in [0.25, 0.3) is 0 Å². The van der Waals surface area contributed by atoms with E-state index < -0.39 is 0 Å². The van der Waals surface area contributed by atoms with Crippen molar-refractivity contribution in [2.24, 2.45) is 7.05 Å². The fourth-order valence-corrected chi connectivity index (χ4v) is 3.65. The van der Waals surface area contributed by atoms with Gasteiger partial charge in [0.05, 0.1) is 5.25 Å². The minimum Gasteiger partial charge on any atom is -0.312 e. The molecule has 1 amide bonds. The number of benzene rings is 2. The number of rotatable bonds is 6. The Balaban J connectivity index is 1.77. The first kappa shape index (κ1) is 19.1. The number of hydrogen-bond acceptors (Lipinski definition) is 4. The predicted octanol–water partition coefficient (Wildman–Crippen LogP) is 4.15. The maximum absolute atomic E-state index is 13.1. The SMILES string of the molecule is CCN(C(=O)C(C)Sc1nnc(-c2ccc(F)cc2)n1C)c1ccccc1. The number of thioether (sulfide) groups is 1. The van der Waals surface area contributed by atoms with E-state index in [0.29, 0.717) is 17.5 Å². The van der Waals surface area contributed by atoms with Crippen molar-refractivity contribution in [1.29, 1.82) is 0 Å². The Labute approximate surface area is 162 Å². The van der Waals surface area contributed by atoms with Crippen molar-refractivity contribution in [3.8, 4) is 11.4 Å². The molecule has 2 aromatic carbocycles. The van der Waals surface area contributed by atoms with Gasteiger partial charge in [-0.2, -0.15) is 0 Å². The van der Waals surface area contributed by atoms with Gasteiger partial charge in [-0.25, -0.2) is 4.39 Å². The molecule has 140 valence electrons. The molecule has 0 aliphatic heterocycles. The summed E-state index contributed by atoms with van der Waals surface area (Å²) >= 11 is 1.36. The lowest BCUT2D eigenvalue weighted by molar-refractivity contribution is -0.117. The van der Waals surface area contributed by atoms with Crippen LogP contribution in [0.4, 0.5) is 10.1 Å². The molecule has 1 atom stereocenters. The first-order chi connectivity index (χ1) is 13.0. The van der Waals surface area contributed by atoms with Gasteiger partial charge >= 0.3 is 0 Å². The van der Waals surface area contributed by atoms with E-state index in [4.69, 9.17) is 0 Å². The van der Waals surface area contributed by atoms with Gasteiger partial charge in [-0.15, -0.1) is 10.2 Å². The number of nitrogens with zero attached hydrogens (tertiary/aromatic N) is 4. The molecule has 0 aliphatic rings. The van der Waals surface area contributed by atoms with Gasteiger partial charge in [0.15, 0.2) is 11.0 Å². The van der Waals surface area contributed by atoms with Crippen molar-refractivity contribution < 1.29 is 9.18 Å². The lowest BCUT2D eigenvalue weighted by atomic mass is 10.2. The molecule has 1 unspecified atom stereocenters. The summed E-state index contributed by atoms with van der Waals surface area (Å²) < 4.78 is 14.9. The maximum Gasteiger partial charge on any atom is 0.240 e. The molecule has 1 aromatic heterocycles. The summed E-state index contributed by atoms with van der Waals surface area (Å²) in [5.41, 5.74) is 1.65. The Hall–Kier alpha value is -2.67. The third-order valence-corrected chi connectivity index (χ3v) is 5.34. The van der Waals surface area contributed by atoms with Crippen molar-refractivity contribution in [3.63, 3.8) is 0 Å². The summed E-state index contributed by atoms with van der Waals surface area (Å²) in [5.74, 6) is 0.350. The molecule has 0 bridgehead atoms. The molecule has 0 fully saturated rings. The highest BCUT2D eigenvalue weighted by atomic mass is 32.2. The zero-order valence-electron chi connectivity index (χ0n) is 15.5. The third-order valence-electron chi connectivity index (χ3n) is 4.22. The van der Waals surface area contributed by atoms with Gasteiger partial charge in [-0.05, 0) is 50.2 Å². The summed E-state index contributed by atoms with van der Waals surface area (Å²) in [7, 11) is 1.84. The highest BCUT2D eigenvalue weighted by Crippen LogP contribution is 2.27. The highest BCUT2D eigenvalue weighted by molar-refractivity contribution is 8.00. The van der Waals surface area contributed by atoms with E-state index in [1.807, 2.05) is 55.8 Å². The standard InChI is InChI=1S/C20H21FN4OS/c1-4-25(17-8-6-5-7-9-17)19(26)14(2)27-20-23-22-18(24(20)3)15-10-12-16(21)13-11-15/h5-14H,4H2,1-3H3. The summed E-state index contributed by atoms with van der Waals surface area (Å²) in [6.45, 7) is 4.41. The van der Waals surface area contributed by atoms with E-state index >= 15 is 0 Å². The Bertz CT molecular complexity index is 911. The Morgan fingerprint density at radius 2 is 1.81 bits per heavy atom. The average Bonchev–Trinajstić information content (AvgIpc) is 3.04. The lowest BCUT2D eigenvalue weighted by Gasteiger charge is -2.24. The second kappa shape index (κ2) is 8.35. The van der Waals surface area contributed by atoms with Crippen LogP contribution in [0.1, 0.15) is 13.8 Å². The number of hydrogen-bond donors (Lipinski definition) is 0. The number of anilines is 1. The first-order valence-electron chi connectivity index (χ1n) is 8.69. The fourth-order valence-electron chi connectivity index (χ4n) is 2.77. The van der Waals surface area contributed by atoms with E-state index in [1.165, 1.54) is 23.9 Å². The summed E-state index contributed by atoms with van der Waals surface area (Å²) in [6, 6.07) is 15.7. The van der Waals surface area contributed by atoms with Crippen LogP contribution in [0.5, 0.6) is 0 Å². The van der Waals surface area contributed by atoms with Crippen LogP contribution < -0.4 is 4.90 Å². The van der Waals surface area contributed by atoms with Crippen LogP contribution in [-0.2, 0) is 11.8 Å². The minimum absolute atomic E-state index is 0.0139. The normalized spacial score (nSPS) is 12.0. The van der Waals surface area contributed by atoms with E-state index in [-0.39, 0.29) is 17.0 Å². The summed E-state index contributed by atoms with van der Waals surface area (Å²) in [4.78, 5) is 14.7. The summed E-state index contributed by atoms with van der Waals surface area (Å²) in [6.07, 6.45) is 0. The van der Waals surface area contributed by atoms with Gasteiger partial charge in [-0.1, -0.05) is 30.0 Å². The zero-order valence-corrected chi connectivity index (χ0v) is 16.3. The van der Waals surface area contributed by atoms with E-state index in [9.17, 15) is 9.18 Å². The fraction of sp³-hybridized carbons (Fsp3) is 0.250. The molecule has 5 nitrogen and oxygen atoms in total. The zero-order chi connectivity index (χ0) is 19.4. The van der Waals surface area contributed by atoms with Crippen molar-refractivity contribution >= 4 is 23.4 Å². The monoisotopic (exact) mass is 384 g/mol. The average molecular weight is 384 g/mol. The van der Waals surface area contributed by atoms with Crippen LogP contribution in [-0.4, -0.2) is 32.5 Å². The van der Waals surface area contributed by atoms with Crippen LogP contribution in [0.3, 0.4) is 0 Å². The second-order valence-electron chi connectivity index (χ2n) is 6.05. The number of amides is 1. The van der Waals surface area contributed by atoms with Crippen molar-refractivity contribution in [1.82, 2.24) is 14.8 Å². The number of carbonyl (C=O) groups is 1. The first-order valence-corrected chi connectivity index (χ1v) is 9.57. The van der Waals surface area contributed by atoms with Crippen LogP contribution in [0.25, 0.3) is 11.4 Å². The highest BCUT2D eigenvalue weighted by Gasteiger charge is 2.24. The van der Waals surface area contributed by atoms with Gasteiger partial charge in [0, 0.05) is 24.8 Å². The number of aromatic nitrogens is 3. The minimum atomic E-state index is -0.325. The predicted molar refractivity (Wildman–Crippen MR) is 106 cm³/mol. The van der Waals surface area contributed by atoms with Gasteiger partial charge in [0.2, 0.25) is 5.91 Å². The molecule has 0 radical (unpaired) electrons. The van der Waals surface area contributed by atoms with Gasteiger partial charge < -0.3 is 9.47 Å². The lowest BCUT2D eigenvalue weighted by Crippen LogP contribution is -2.36. The number of carbonyl (C=O) groups excluding carboxylic acids is 1.